The third kappa shape index (κ3) is 2.57. The normalized spacial score (nSPS) is 10.1. The van der Waals surface area contributed by atoms with E-state index in [1.807, 2.05) is 18.3 Å². The van der Waals surface area contributed by atoms with E-state index in [0.29, 0.717) is 0 Å². The van der Waals surface area contributed by atoms with E-state index < -0.39 is 0 Å². The molecule has 1 nitrogen and oxygen atoms in total. The van der Waals surface area contributed by atoms with Crippen LogP contribution < -0.4 is 51.4 Å². The van der Waals surface area contributed by atoms with Crippen LogP contribution in [0.1, 0.15) is 11.1 Å². The van der Waals surface area contributed by atoms with E-state index in [1.54, 1.807) is 0 Å². The van der Waals surface area contributed by atoms with Gasteiger partial charge in [0.25, 0.3) is 0 Å². The van der Waals surface area contributed by atoms with Crippen LogP contribution in [0.25, 0.3) is 11.0 Å². The molecule has 2 rings (SSSR count). The van der Waals surface area contributed by atoms with Crippen molar-refractivity contribution in [2.75, 3.05) is 0 Å². The molecular weight excluding hydrogens is 216 g/mol. The van der Waals surface area contributed by atoms with E-state index in [4.69, 9.17) is 0 Å². The SMILES string of the molecule is Cc1c[p-]c(-c2ccccn2)c1C.[K+]. The topological polar surface area (TPSA) is 12.9 Å². The van der Waals surface area contributed by atoms with Crippen LogP contribution in [0, 0.1) is 13.8 Å². The van der Waals surface area contributed by atoms with Gasteiger partial charge < -0.3 is 8.19 Å². The minimum absolute atomic E-state index is 0. The molecule has 14 heavy (non-hydrogen) atoms. The third-order valence-corrected chi connectivity index (χ3v) is 3.58. The number of hydrogen-bond acceptors (Lipinski definition) is 1. The molecule has 66 valence electrons. The van der Waals surface area contributed by atoms with Gasteiger partial charge in [-0.3, -0.25) is 4.98 Å². The van der Waals surface area contributed by atoms with Gasteiger partial charge in [0.05, 0.1) is 0 Å². The Bertz CT molecular complexity index is 408. The number of aromatic nitrogens is 1. The molecule has 0 aliphatic rings. The molecule has 0 N–H and O–H groups in total. The van der Waals surface area contributed by atoms with E-state index in [0.717, 1.165) is 5.69 Å². The van der Waals surface area contributed by atoms with Gasteiger partial charge in [-0.2, -0.15) is 5.30 Å². The maximum Gasteiger partial charge on any atom is 1.00 e. The fraction of sp³-hybridized carbons (Fsp3) is 0.182. The number of rotatable bonds is 1. The summed E-state index contributed by atoms with van der Waals surface area (Å²) in [4.78, 5) is 4.35. The number of pyridine rings is 1. The molecule has 2 aromatic heterocycles. The van der Waals surface area contributed by atoms with Gasteiger partial charge in [-0.1, -0.05) is 17.2 Å². The largest absolute Gasteiger partial charge is 1.00 e. The number of nitrogens with zero attached hydrogens (tertiary/aromatic N) is 1. The molecular formula is C11H11KNP. The first kappa shape index (κ1) is 12.6. The molecule has 0 aromatic carbocycles. The van der Waals surface area contributed by atoms with E-state index >= 15 is 0 Å². The Morgan fingerprint density at radius 3 is 2.50 bits per heavy atom. The van der Waals surface area contributed by atoms with E-state index in [2.05, 4.69) is 30.7 Å². The smallest absolute Gasteiger partial charge is 0.521 e. The molecule has 0 atom stereocenters. The van der Waals surface area contributed by atoms with Gasteiger partial charge in [-0.05, 0) is 26.0 Å². The molecule has 2 heterocycles. The first-order valence-electron chi connectivity index (χ1n) is 4.29. The van der Waals surface area contributed by atoms with Gasteiger partial charge in [-0.25, -0.2) is 5.80 Å². The zero-order chi connectivity index (χ0) is 9.26. The van der Waals surface area contributed by atoms with Gasteiger partial charge in [0.15, 0.2) is 0 Å². The minimum atomic E-state index is 0. The van der Waals surface area contributed by atoms with Gasteiger partial charge in [0, 0.05) is 11.9 Å². The molecule has 0 aliphatic heterocycles. The molecule has 2 aromatic rings. The second kappa shape index (κ2) is 5.60. The van der Waals surface area contributed by atoms with Gasteiger partial charge in [0.2, 0.25) is 0 Å². The molecule has 0 unspecified atom stereocenters. The van der Waals surface area contributed by atoms with Crippen molar-refractivity contribution in [1.29, 1.82) is 0 Å². The summed E-state index contributed by atoms with van der Waals surface area (Å²) in [5, 5.41) is 1.35. The van der Waals surface area contributed by atoms with Gasteiger partial charge in [-0.15, -0.1) is 0 Å². The fourth-order valence-corrected chi connectivity index (χ4v) is 2.45. The average molecular weight is 227 g/mol. The maximum atomic E-state index is 4.35. The molecule has 0 saturated heterocycles. The fourth-order valence-electron chi connectivity index (χ4n) is 1.30. The summed E-state index contributed by atoms with van der Waals surface area (Å²) in [6.07, 6.45) is 1.85. The van der Waals surface area contributed by atoms with Gasteiger partial charge >= 0.3 is 51.4 Å². The van der Waals surface area contributed by atoms with Crippen LogP contribution in [-0.2, 0) is 0 Å². The molecule has 0 bridgehead atoms. The van der Waals surface area contributed by atoms with E-state index in [-0.39, 0.29) is 51.4 Å². The van der Waals surface area contributed by atoms with Crippen molar-refractivity contribution in [3.63, 3.8) is 0 Å². The summed E-state index contributed by atoms with van der Waals surface area (Å²) >= 11 is 0. The van der Waals surface area contributed by atoms with Crippen LogP contribution in [0.2, 0.25) is 0 Å². The zero-order valence-corrected chi connectivity index (χ0v) is 12.8. The van der Waals surface area contributed by atoms with Crippen LogP contribution in [0.4, 0.5) is 0 Å². The summed E-state index contributed by atoms with van der Waals surface area (Å²) in [7, 11) is 1.28. The van der Waals surface area contributed by atoms with Crippen molar-refractivity contribution in [2.45, 2.75) is 13.8 Å². The Kier molecular flexibility index (Phi) is 5.05. The zero-order valence-electron chi connectivity index (χ0n) is 8.78. The molecule has 0 spiro atoms. The first-order valence-corrected chi connectivity index (χ1v) is 5.25. The predicted molar refractivity (Wildman–Crippen MR) is 57.3 cm³/mol. The summed E-state index contributed by atoms with van der Waals surface area (Å²) in [5.74, 6) is 2.24. The van der Waals surface area contributed by atoms with Crippen LogP contribution in [0.3, 0.4) is 0 Å². The van der Waals surface area contributed by atoms with Gasteiger partial charge in [0.1, 0.15) is 0 Å². The molecule has 0 radical (unpaired) electrons. The summed E-state index contributed by atoms with van der Waals surface area (Å²) < 4.78 is 0. The van der Waals surface area contributed by atoms with E-state index in [1.165, 1.54) is 24.6 Å². The maximum absolute atomic E-state index is 4.35. The number of aryl methyl sites for hydroxylation is 1. The monoisotopic (exact) mass is 227 g/mol. The molecule has 3 heteroatoms. The summed E-state index contributed by atoms with van der Waals surface area (Å²) in [5.41, 5.74) is 3.86. The average Bonchev–Trinajstić information content (AvgIpc) is 2.49. The first-order chi connectivity index (χ1) is 6.29. The Labute approximate surface area is 129 Å². The standard InChI is InChI=1S/C11H11NP.K/c1-8-7-13-11(9(8)2)10-5-3-4-6-12-10;/h3-7H,1-2H3;/q-1;+1. The van der Waals surface area contributed by atoms with Crippen molar-refractivity contribution >= 4 is 8.19 Å². The molecule has 0 amide bonds. The van der Waals surface area contributed by atoms with Crippen molar-refractivity contribution in [2.24, 2.45) is 0 Å². The van der Waals surface area contributed by atoms with Crippen molar-refractivity contribution < 1.29 is 51.4 Å². The minimum Gasteiger partial charge on any atom is -0.521 e. The van der Waals surface area contributed by atoms with Crippen LogP contribution in [-0.4, -0.2) is 4.98 Å². The second-order valence-electron chi connectivity index (χ2n) is 3.13. The van der Waals surface area contributed by atoms with Crippen molar-refractivity contribution in [3.05, 3.63) is 41.3 Å². The Balaban J connectivity index is 0.000000980. The summed E-state index contributed by atoms with van der Waals surface area (Å²) in [6, 6.07) is 6.05. The number of hydrogen-bond donors (Lipinski definition) is 0. The Morgan fingerprint density at radius 1 is 1.21 bits per heavy atom. The van der Waals surface area contributed by atoms with Crippen LogP contribution in [0.5, 0.6) is 0 Å². The van der Waals surface area contributed by atoms with E-state index in [9.17, 15) is 0 Å². The molecule has 0 saturated carbocycles. The predicted octanol–water partition coefficient (Wildman–Crippen LogP) is 0.668. The van der Waals surface area contributed by atoms with Crippen LogP contribution >= 0.6 is 8.19 Å². The summed E-state index contributed by atoms with van der Waals surface area (Å²) in [6.45, 7) is 4.31. The van der Waals surface area contributed by atoms with Crippen LogP contribution in [0.15, 0.2) is 30.2 Å². The van der Waals surface area contributed by atoms with Crippen molar-refractivity contribution in [1.82, 2.24) is 4.98 Å². The van der Waals surface area contributed by atoms with Crippen molar-refractivity contribution in [3.8, 4) is 11.0 Å². The quantitative estimate of drug-likeness (QED) is 0.653. The Morgan fingerprint density at radius 2 is 2.00 bits per heavy atom. The third-order valence-electron chi connectivity index (χ3n) is 2.24. The molecule has 0 aliphatic carbocycles. The second-order valence-corrected chi connectivity index (χ2v) is 4.09. The Hall–Kier alpha value is 0.566. The molecule has 0 fully saturated rings.